The van der Waals surface area contributed by atoms with Crippen LogP contribution in [0.4, 0.5) is 0 Å². The molecule has 3 heteroatoms. The number of benzene rings is 2. The first-order chi connectivity index (χ1) is 7.79. The summed E-state index contributed by atoms with van der Waals surface area (Å²) in [6.07, 6.45) is 0.663. The second-order valence-electron chi connectivity index (χ2n) is 3.75. The molecule has 0 bridgehead atoms. The van der Waals surface area contributed by atoms with Crippen molar-refractivity contribution >= 4 is 28.1 Å². The lowest BCUT2D eigenvalue weighted by Gasteiger charge is -1.97. The second-order valence-corrected chi connectivity index (χ2v) is 3.75. The molecule has 3 rings (SSSR count). The second kappa shape index (κ2) is 3.10. The number of rotatable bonds is 1. The fourth-order valence-electron chi connectivity index (χ4n) is 2.00. The molecule has 3 nitrogen and oxygen atoms in total. The molecular weight excluding hydrogens is 202 g/mol. The minimum atomic E-state index is 0.00839. The summed E-state index contributed by atoms with van der Waals surface area (Å²) in [5.74, 6) is 0.00839. The van der Waals surface area contributed by atoms with Gasteiger partial charge in [-0.25, -0.2) is 0 Å². The summed E-state index contributed by atoms with van der Waals surface area (Å²) in [6, 6.07) is 11.1. The van der Waals surface area contributed by atoms with Crippen LogP contribution in [0.15, 0.2) is 36.4 Å². The molecular formula is C13H9NO2. The van der Waals surface area contributed by atoms with Crippen molar-refractivity contribution in [3.63, 3.8) is 0 Å². The average molecular weight is 211 g/mol. The Morgan fingerprint density at radius 2 is 1.88 bits per heavy atom. The molecule has 3 aromatic rings. The smallest absolute Gasteiger partial charge is 0.153 e. The number of hydrogen-bond acceptors (Lipinski definition) is 2. The van der Waals surface area contributed by atoms with Crippen molar-refractivity contribution in [1.82, 2.24) is 4.98 Å². The molecule has 0 unspecified atom stereocenters. The fourth-order valence-corrected chi connectivity index (χ4v) is 2.00. The van der Waals surface area contributed by atoms with E-state index in [1.807, 2.05) is 24.3 Å². The predicted molar refractivity (Wildman–Crippen MR) is 62.9 cm³/mol. The van der Waals surface area contributed by atoms with Crippen LogP contribution in [0, 0.1) is 0 Å². The van der Waals surface area contributed by atoms with E-state index in [1.54, 1.807) is 12.1 Å². The van der Waals surface area contributed by atoms with Gasteiger partial charge in [0.05, 0.1) is 11.1 Å². The van der Waals surface area contributed by atoms with Crippen molar-refractivity contribution in [1.29, 1.82) is 0 Å². The number of para-hydroxylation sites is 1. The van der Waals surface area contributed by atoms with E-state index in [2.05, 4.69) is 4.98 Å². The van der Waals surface area contributed by atoms with Gasteiger partial charge in [-0.1, -0.05) is 18.2 Å². The van der Waals surface area contributed by atoms with Crippen LogP contribution in [0.2, 0.25) is 0 Å². The summed E-state index contributed by atoms with van der Waals surface area (Å²) < 4.78 is 0. The normalized spacial score (nSPS) is 11.0. The van der Waals surface area contributed by atoms with Gasteiger partial charge in [0.25, 0.3) is 0 Å². The van der Waals surface area contributed by atoms with Gasteiger partial charge in [0, 0.05) is 22.4 Å². The first-order valence-corrected chi connectivity index (χ1v) is 4.98. The number of fused-ring (bicyclic) bond motifs is 3. The van der Waals surface area contributed by atoms with E-state index >= 15 is 0 Å². The Kier molecular flexibility index (Phi) is 1.74. The van der Waals surface area contributed by atoms with Crippen molar-refractivity contribution in [2.75, 3.05) is 0 Å². The third-order valence-electron chi connectivity index (χ3n) is 2.78. The maximum Gasteiger partial charge on any atom is 0.153 e. The number of carbonyl (C=O) groups is 1. The van der Waals surface area contributed by atoms with Crippen LogP contribution in [-0.4, -0.2) is 16.4 Å². The molecule has 1 aromatic heterocycles. The Bertz CT molecular complexity index is 698. The number of phenols is 1. The van der Waals surface area contributed by atoms with Crippen LogP contribution >= 0.6 is 0 Å². The minimum Gasteiger partial charge on any atom is -0.507 e. The molecule has 0 aliphatic rings. The highest BCUT2D eigenvalue weighted by molar-refractivity contribution is 6.09. The van der Waals surface area contributed by atoms with Gasteiger partial charge in [-0.3, -0.25) is 4.79 Å². The van der Waals surface area contributed by atoms with E-state index in [4.69, 9.17) is 0 Å². The molecule has 0 saturated carbocycles. The molecule has 16 heavy (non-hydrogen) atoms. The highest BCUT2D eigenvalue weighted by Crippen LogP contribution is 2.29. The van der Waals surface area contributed by atoms with Crippen molar-refractivity contribution in [3.8, 4) is 5.75 Å². The van der Waals surface area contributed by atoms with Crippen LogP contribution in [0.3, 0.4) is 0 Å². The Hall–Kier alpha value is -2.29. The van der Waals surface area contributed by atoms with Crippen molar-refractivity contribution < 1.29 is 9.90 Å². The number of carbonyl (C=O) groups excluding carboxylic acids is 1. The number of phenolic OH excluding ortho intramolecular Hbond substituents is 1. The lowest BCUT2D eigenvalue weighted by atomic mass is 10.1. The third kappa shape index (κ3) is 1.11. The molecule has 0 aliphatic carbocycles. The zero-order chi connectivity index (χ0) is 11.1. The molecule has 0 radical (unpaired) electrons. The summed E-state index contributed by atoms with van der Waals surface area (Å²) in [7, 11) is 0. The quantitative estimate of drug-likeness (QED) is 0.608. The molecule has 0 aliphatic heterocycles. The van der Waals surface area contributed by atoms with Crippen LogP contribution in [0.25, 0.3) is 21.8 Å². The molecule has 2 N–H and O–H groups in total. The summed E-state index contributed by atoms with van der Waals surface area (Å²) in [5.41, 5.74) is 2.15. The molecule has 0 saturated heterocycles. The van der Waals surface area contributed by atoms with Gasteiger partial charge in [-0.2, -0.15) is 0 Å². The van der Waals surface area contributed by atoms with E-state index in [9.17, 15) is 9.90 Å². The standard InChI is InChI=1S/C13H9NO2/c15-7-8-5-10-9-3-1-2-4-11(9)14-12(10)6-13(8)16/h1-7,14,16H. The molecule has 78 valence electrons. The fraction of sp³-hybridized carbons (Fsp3) is 0. The first-order valence-electron chi connectivity index (χ1n) is 4.98. The predicted octanol–water partition coefficient (Wildman–Crippen LogP) is 2.84. The van der Waals surface area contributed by atoms with Gasteiger partial charge in [0.15, 0.2) is 6.29 Å². The number of H-pyrrole nitrogens is 1. The molecule has 0 atom stereocenters. The maximum atomic E-state index is 10.8. The summed E-state index contributed by atoms with van der Waals surface area (Å²) >= 11 is 0. The van der Waals surface area contributed by atoms with E-state index in [0.29, 0.717) is 11.8 Å². The zero-order valence-corrected chi connectivity index (χ0v) is 8.40. The molecule has 2 aromatic carbocycles. The highest BCUT2D eigenvalue weighted by Gasteiger charge is 2.07. The summed E-state index contributed by atoms with van der Waals surface area (Å²) in [5, 5.41) is 11.6. The van der Waals surface area contributed by atoms with E-state index < -0.39 is 0 Å². The molecule has 0 spiro atoms. The van der Waals surface area contributed by atoms with Gasteiger partial charge in [0.1, 0.15) is 5.75 Å². The Morgan fingerprint density at radius 3 is 2.69 bits per heavy atom. The zero-order valence-electron chi connectivity index (χ0n) is 8.40. The summed E-state index contributed by atoms with van der Waals surface area (Å²) in [6.45, 7) is 0. The number of aromatic nitrogens is 1. The van der Waals surface area contributed by atoms with Crippen LogP contribution in [0.1, 0.15) is 10.4 Å². The Morgan fingerprint density at radius 1 is 1.06 bits per heavy atom. The van der Waals surface area contributed by atoms with Crippen LogP contribution in [-0.2, 0) is 0 Å². The van der Waals surface area contributed by atoms with Gasteiger partial charge in [-0.05, 0) is 12.1 Å². The number of aromatic hydroxyl groups is 1. The van der Waals surface area contributed by atoms with Gasteiger partial charge in [-0.15, -0.1) is 0 Å². The van der Waals surface area contributed by atoms with Gasteiger partial charge < -0.3 is 10.1 Å². The lowest BCUT2D eigenvalue weighted by molar-refractivity contribution is 0.112. The van der Waals surface area contributed by atoms with Crippen LogP contribution in [0.5, 0.6) is 5.75 Å². The van der Waals surface area contributed by atoms with Crippen molar-refractivity contribution in [2.45, 2.75) is 0 Å². The summed E-state index contributed by atoms with van der Waals surface area (Å²) in [4.78, 5) is 14.0. The average Bonchev–Trinajstić information content (AvgIpc) is 2.65. The van der Waals surface area contributed by atoms with E-state index in [1.165, 1.54) is 0 Å². The van der Waals surface area contributed by atoms with Crippen molar-refractivity contribution in [3.05, 3.63) is 42.0 Å². The topological polar surface area (TPSA) is 53.1 Å². The van der Waals surface area contributed by atoms with E-state index in [-0.39, 0.29) is 5.75 Å². The number of nitrogens with one attached hydrogen (secondary N) is 1. The number of hydrogen-bond donors (Lipinski definition) is 2. The monoisotopic (exact) mass is 211 g/mol. The third-order valence-corrected chi connectivity index (χ3v) is 2.78. The highest BCUT2D eigenvalue weighted by atomic mass is 16.3. The van der Waals surface area contributed by atoms with E-state index in [0.717, 1.165) is 21.8 Å². The van der Waals surface area contributed by atoms with Crippen LogP contribution < -0.4 is 0 Å². The van der Waals surface area contributed by atoms with Gasteiger partial charge >= 0.3 is 0 Å². The largest absolute Gasteiger partial charge is 0.507 e. The number of aromatic amines is 1. The molecule has 1 heterocycles. The number of aldehydes is 1. The lowest BCUT2D eigenvalue weighted by Crippen LogP contribution is -1.80. The Labute approximate surface area is 91.3 Å². The molecule has 0 fully saturated rings. The SMILES string of the molecule is O=Cc1cc2c(cc1O)[nH]c1ccccc12. The molecule has 0 amide bonds. The first kappa shape index (κ1) is 8.97. The van der Waals surface area contributed by atoms with Crippen molar-refractivity contribution in [2.24, 2.45) is 0 Å². The van der Waals surface area contributed by atoms with Gasteiger partial charge in [0.2, 0.25) is 0 Å². The maximum absolute atomic E-state index is 10.8. The Balaban J connectivity index is 2.52. The minimum absolute atomic E-state index is 0.00839.